The third-order valence-corrected chi connectivity index (χ3v) is 9.83. The largest absolute Gasteiger partial charge is 0.436 e. The highest BCUT2D eigenvalue weighted by atomic mass is 32.1. The molecule has 0 N–H and O–H groups in total. The highest BCUT2D eigenvalue weighted by molar-refractivity contribution is 7.26. The third kappa shape index (κ3) is 4.77. The van der Waals surface area contributed by atoms with Gasteiger partial charge in [0.2, 0.25) is 11.8 Å². The van der Waals surface area contributed by atoms with Crippen molar-refractivity contribution in [1.29, 1.82) is 0 Å². The SMILES string of the molecule is c1ccc(-c2nc3cc(-c4nc(-c5ccc6oc(-c7ccccc7)nc6c5)nc(-c5cccc6c5sc5ccccc56)n4)ccc3o2)cc1. The topological polar surface area (TPSA) is 90.7 Å². The average Bonchev–Trinajstić information content (AvgIpc) is 3.90. The third-order valence-electron chi connectivity index (χ3n) is 8.61. The molecule has 0 aliphatic rings. The standard InChI is InChI=1S/C41H23N5O2S/c1-3-10-24(11-4-1)40-42-31-22-26(18-20-33(31)47-40)37-44-38(27-19-21-34-32(23-27)43-41(48-34)25-12-5-2-6-13-25)46-39(45-37)30-16-9-15-29-28-14-7-8-17-35(28)49-36(29)30/h1-23H. The summed E-state index contributed by atoms with van der Waals surface area (Å²) >= 11 is 1.75. The second-order valence-corrected chi connectivity index (χ2v) is 12.8. The van der Waals surface area contributed by atoms with Gasteiger partial charge in [-0.2, -0.15) is 0 Å². The van der Waals surface area contributed by atoms with Gasteiger partial charge in [0, 0.05) is 48.0 Å². The fraction of sp³-hybridized carbons (Fsp3) is 0. The van der Waals surface area contributed by atoms with Gasteiger partial charge in [-0.1, -0.05) is 66.7 Å². The van der Waals surface area contributed by atoms with Crippen LogP contribution in [0, 0.1) is 0 Å². The van der Waals surface area contributed by atoms with E-state index in [9.17, 15) is 0 Å². The fourth-order valence-electron chi connectivity index (χ4n) is 6.22. The van der Waals surface area contributed by atoms with Crippen molar-refractivity contribution in [3.8, 4) is 57.1 Å². The maximum absolute atomic E-state index is 6.10. The summed E-state index contributed by atoms with van der Waals surface area (Å²) in [5, 5.41) is 2.40. The molecule has 0 unspecified atom stereocenters. The maximum atomic E-state index is 6.10. The van der Waals surface area contributed by atoms with Gasteiger partial charge in [0.15, 0.2) is 28.6 Å². The van der Waals surface area contributed by atoms with Gasteiger partial charge in [0.25, 0.3) is 0 Å². The van der Waals surface area contributed by atoms with Crippen molar-refractivity contribution in [2.45, 2.75) is 0 Å². The Morgan fingerprint density at radius 3 is 1.55 bits per heavy atom. The average molecular weight is 650 g/mol. The normalized spacial score (nSPS) is 11.7. The van der Waals surface area contributed by atoms with Crippen LogP contribution in [-0.4, -0.2) is 24.9 Å². The summed E-state index contributed by atoms with van der Waals surface area (Å²) in [4.78, 5) is 24.8. The molecule has 0 saturated heterocycles. The van der Waals surface area contributed by atoms with Crippen LogP contribution >= 0.6 is 11.3 Å². The van der Waals surface area contributed by atoms with Crippen LogP contribution < -0.4 is 0 Å². The first kappa shape index (κ1) is 27.6. The summed E-state index contributed by atoms with van der Waals surface area (Å²) in [6.07, 6.45) is 0. The van der Waals surface area contributed by atoms with Crippen molar-refractivity contribution in [2.75, 3.05) is 0 Å². The Morgan fingerprint density at radius 1 is 0.408 bits per heavy atom. The monoisotopic (exact) mass is 649 g/mol. The quantitative estimate of drug-likeness (QED) is 0.183. The number of thiophene rings is 1. The number of oxazole rings is 2. The number of benzene rings is 6. The summed E-state index contributed by atoms with van der Waals surface area (Å²) in [5.74, 6) is 2.80. The van der Waals surface area contributed by atoms with Crippen molar-refractivity contribution in [3.05, 3.63) is 140 Å². The molecule has 0 saturated carbocycles. The van der Waals surface area contributed by atoms with Gasteiger partial charge in [-0.3, -0.25) is 0 Å². The second-order valence-electron chi connectivity index (χ2n) is 11.7. The van der Waals surface area contributed by atoms with Crippen LogP contribution in [0.2, 0.25) is 0 Å². The molecular weight excluding hydrogens is 627 g/mol. The molecule has 0 aliphatic heterocycles. The number of aromatic nitrogens is 5. The van der Waals surface area contributed by atoms with Gasteiger partial charge >= 0.3 is 0 Å². The molecule has 0 aliphatic carbocycles. The van der Waals surface area contributed by atoms with Crippen molar-refractivity contribution >= 4 is 53.7 Å². The molecule has 10 aromatic rings. The maximum Gasteiger partial charge on any atom is 0.227 e. The number of hydrogen-bond donors (Lipinski definition) is 0. The van der Waals surface area contributed by atoms with E-state index in [1.54, 1.807) is 11.3 Å². The molecule has 0 bridgehead atoms. The molecule has 0 spiro atoms. The summed E-state index contributed by atoms with van der Waals surface area (Å²) in [7, 11) is 0. The summed E-state index contributed by atoms with van der Waals surface area (Å²) in [6, 6.07) is 46.3. The Morgan fingerprint density at radius 2 is 0.939 bits per heavy atom. The summed E-state index contributed by atoms with van der Waals surface area (Å²) in [6.45, 7) is 0. The van der Waals surface area contributed by atoms with Crippen LogP contribution in [0.1, 0.15) is 0 Å². The lowest BCUT2D eigenvalue weighted by molar-refractivity contribution is 0.619. The van der Waals surface area contributed by atoms with Crippen LogP contribution in [0.15, 0.2) is 148 Å². The van der Waals surface area contributed by atoms with Crippen molar-refractivity contribution in [2.24, 2.45) is 0 Å². The molecule has 6 aromatic carbocycles. The van der Waals surface area contributed by atoms with Crippen LogP contribution in [0.25, 0.3) is 99.4 Å². The Kier molecular flexibility index (Phi) is 6.22. The minimum absolute atomic E-state index is 0.537. The summed E-state index contributed by atoms with van der Waals surface area (Å²) in [5.41, 5.74) is 7.24. The van der Waals surface area contributed by atoms with Crippen LogP contribution in [0.4, 0.5) is 0 Å². The fourth-order valence-corrected chi connectivity index (χ4v) is 7.43. The van der Waals surface area contributed by atoms with E-state index >= 15 is 0 Å². The predicted molar refractivity (Wildman–Crippen MR) is 195 cm³/mol. The van der Waals surface area contributed by atoms with Crippen LogP contribution in [0.5, 0.6) is 0 Å². The molecule has 230 valence electrons. The Labute approximate surface area is 283 Å². The van der Waals surface area contributed by atoms with Gasteiger partial charge in [0.1, 0.15) is 11.0 Å². The molecule has 10 rings (SSSR count). The van der Waals surface area contributed by atoms with Crippen molar-refractivity contribution in [1.82, 2.24) is 24.9 Å². The van der Waals surface area contributed by atoms with E-state index in [0.717, 1.165) is 43.6 Å². The van der Waals surface area contributed by atoms with Gasteiger partial charge < -0.3 is 8.83 Å². The van der Waals surface area contributed by atoms with E-state index in [0.29, 0.717) is 40.4 Å². The number of hydrogen-bond acceptors (Lipinski definition) is 8. The van der Waals surface area contributed by atoms with Gasteiger partial charge in [0.05, 0.1) is 0 Å². The number of fused-ring (bicyclic) bond motifs is 5. The second kappa shape index (κ2) is 11.0. The van der Waals surface area contributed by atoms with Gasteiger partial charge in [-0.15, -0.1) is 11.3 Å². The zero-order valence-corrected chi connectivity index (χ0v) is 26.6. The molecule has 0 amide bonds. The van der Waals surface area contributed by atoms with E-state index in [2.05, 4.69) is 42.5 Å². The summed E-state index contributed by atoms with van der Waals surface area (Å²) < 4.78 is 14.6. The first-order chi connectivity index (χ1) is 24.2. The molecule has 0 atom stereocenters. The van der Waals surface area contributed by atoms with Crippen LogP contribution in [-0.2, 0) is 0 Å². The Bertz CT molecular complexity index is 2700. The Balaban J connectivity index is 1.15. The van der Waals surface area contributed by atoms with Crippen LogP contribution in [0.3, 0.4) is 0 Å². The molecule has 8 heteroatoms. The minimum Gasteiger partial charge on any atom is -0.436 e. The molecule has 4 aromatic heterocycles. The lowest BCUT2D eigenvalue weighted by atomic mass is 10.1. The minimum atomic E-state index is 0.537. The molecular formula is C41H23N5O2S. The van der Waals surface area contributed by atoms with Gasteiger partial charge in [-0.25, -0.2) is 24.9 Å². The molecule has 0 radical (unpaired) electrons. The highest BCUT2D eigenvalue weighted by Gasteiger charge is 2.19. The molecule has 4 heterocycles. The van der Waals surface area contributed by atoms with Crippen molar-refractivity contribution in [3.63, 3.8) is 0 Å². The first-order valence-electron chi connectivity index (χ1n) is 15.8. The zero-order chi connectivity index (χ0) is 32.3. The smallest absolute Gasteiger partial charge is 0.227 e. The first-order valence-corrected chi connectivity index (χ1v) is 16.6. The lowest BCUT2D eigenvalue weighted by Gasteiger charge is -2.09. The van der Waals surface area contributed by atoms with E-state index in [1.165, 1.54) is 15.5 Å². The molecule has 7 nitrogen and oxygen atoms in total. The zero-order valence-electron chi connectivity index (χ0n) is 25.7. The predicted octanol–water partition coefficient (Wildman–Crippen LogP) is 10.9. The molecule has 49 heavy (non-hydrogen) atoms. The lowest BCUT2D eigenvalue weighted by Crippen LogP contribution is -2.00. The van der Waals surface area contributed by atoms with E-state index in [1.807, 2.05) is 97.1 Å². The number of rotatable bonds is 5. The highest BCUT2D eigenvalue weighted by Crippen LogP contribution is 2.40. The number of nitrogens with zero attached hydrogens (tertiary/aromatic N) is 5. The Hall–Kier alpha value is -6.51. The van der Waals surface area contributed by atoms with E-state index in [4.69, 9.17) is 33.8 Å². The van der Waals surface area contributed by atoms with Gasteiger partial charge in [-0.05, 0) is 72.8 Å². The van der Waals surface area contributed by atoms with E-state index < -0.39 is 0 Å². The van der Waals surface area contributed by atoms with Crippen molar-refractivity contribution < 1.29 is 8.83 Å². The van der Waals surface area contributed by atoms with E-state index in [-0.39, 0.29) is 0 Å². The molecule has 0 fully saturated rings.